The Morgan fingerprint density at radius 1 is 1.10 bits per heavy atom. The minimum absolute atomic E-state index is 0.0446. The van der Waals surface area contributed by atoms with E-state index in [1.54, 1.807) is 42.5 Å². The van der Waals surface area contributed by atoms with Gasteiger partial charge in [-0.2, -0.15) is 9.97 Å². The summed E-state index contributed by atoms with van der Waals surface area (Å²) in [6, 6.07) is 11.7. The Morgan fingerprint density at radius 2 is 1.88 bits per heavy atom. The lowest BCUT2D eigenvalue weighted by Gasteiger charge is -2.26. The van der Waals surface area contributed by atoms with E-state index in [-0.39, 0.29) is 46.9 Å². The van der Waals surface area contributed by atoms with E-state index in [2.05, 4.69) is 20.3 Å². The number of hydrogen-bond donors (Lipinski definition) is 6. The van der Waals surface area contributed by atoms with Crippen molar-refractivity contribution in [2.24, 2.45) is 27.9 Å². The smallest absolute Gasteiger partial charge is 0.328 e. The van der Waals surface area contributed by atoms with E-state index in [4.69, 9.17) is 42.6 Å². The first kappa shape index (κ1) is 27.9. The standard InChI is InChI=1S/C26H32N10O4/c1-36(2)16-11-10-14(21(28)29)13-19(16)39-24-20-23(38-18(22(37)33-20)9-5-6-12-27)34-26(35-24)40-17-8-4-3-7-15(17)32-25(30)31/h3-4,7-8,10-11,13,18H,5-6,9,12,27H2,1-2H3,(H3,28,29)(H,33,37)(H4,30,31,32). The van der Waals surface area contributed by atoms with Crippen molar-refractivity contribution in [1.82, 2.24) is 9.97 Å². The molecule has 1 atom stereocenters. The number of nitrogens with two attached hydrogens (primary N) is 4. The number of unbranched alkanes of at least 4 members (excludes halogenated alkanes) is 1. The van der Waals surface area contributed by atoms with Crippen LogP contribution in [0.5, 0.6) is 29.3 Å². The average molecular weight is 549 g/mol. The van der Waals surface area contributed by atoms with Crippen LogP contribution < -0.4 is 47.4 Å². The van der Waals surface area contributed by atoms with Crippen molar-refractivity contribution < 1.29 is 19.0 Å². The highest BCUT2D eigenvalue weighted by Gasteiger charge is 2.33. The molecule has 1 aliphatic heterocycles. The Labute approximate surface area is 230 Å². The maximum atomic E-state index is 12.9. The number of amides is 1. The summed E-state index contributed by atoms with van der Waals surface area (Å²) >= 11 is 0. The molecular weight excluding hydrogens is 516 g/mol. The second-order valence-corrected chi connectivity index (χ2v) is 9.07. The van der Waals surface area contributed by atoms with E-state index in [0.29, 0.717) is 42.1 Å². The van der Waals surface area contributed by atoms with Crippen LogP contribution in [0.4, 0.5) is 17.1 Å². The molecule has 14 heteroatoms. The summed E-state index contributed by atoms with van der Waals surface area (Å²) in [5.74, 6) is -0.0484. The number of nitrogens with one attached hydrogen (secondary N) is 2. The van der Waals surface area contributed by atoms with Gasteiger partial charge in [-0.3, -0.25) is 10.2 Å². The lowest BCUT2D eigenvalue weighted by Crippen LogP contribution is -2.37. The van der Waals surface area contributed by atoms with E-state index in [1.807, 2.05) is 19.0 Å². The fraction of sp³-hybridized carbons (Fsp3) is 0.269. The van der Waals surface area contributed by atoms with Gasteiger partial charge >= 0.3 is 6.01 Å². The highest BCUT2D eigenvalue weighted by Crippen LogP contribution is 2.43. The van der Waals surface area contributed by atoms with Crippen LogP contribution in [0, 0.1) is 5.41 Å². The van der Waals surface area contributed by atoms with Gasteiger partial charge in [-0.25, -0.2) is 4.99 Å². The molecule has 14 nitrogen and oxygen atoms in total. The van der Waals surface area contributed by atoms with Crippen LogP contribution in [0.25, 0.3) is 0 Å². The summed E-state index contributed by atoms with van der Waals surface area (Å²) in [5.41, 5.74) is 24.0. The average Bonchev–Trinajstić information content (AvgIpc) is 2.90. The molecule has 1 aromatic heterocycles. The molecule has 210 valence electrons. The molecule has 0 spiro atoms. The van der Waals surface area contributed by atoms with Gasteiger partial charge in [0.15, 0.2) is 29.2 Å². The maximum absolute atomic E-state index is 12.9. The zero-order valence-corrected chi connectivity index (χ0v) is 22.2. The fourth-order valence-electron chi connectivity index (χ4n) is 3.88. The third-order valence-corrected chi connectivity index (χ3v) is 5.81. The summed E-state index contributed by atoms with van der Waals surface area (Å²) in [4.78, 5) is 27.6. The molecule has 1 aliphatic rings. The second-order valence-electron chi connectivity index (χ2n) is 9.07. The number of nitrogen functional groups attached to an aromatic ring is 1. The minimum atomic E-state index is -0.790. The molecule has 3 aromatic rings. The van der Waals surface area contributed by atoms with Gasteiger partial charge in [0.1, 0.15) is 11.5 Å². The molecule has 0 aliphatic carbocycles. The van der Waals surface area contributed by atoms with Crippen LogP contribution in [0.15, 0.2) is 47.5 Å². The summed E-state index contributed by atoms with van der Waals surface area (Å²) in [7, 11) is 3.66. The van der Waals surface area contributed by atoms with Crippen LogP contribution in [0.1, 0.15) is 24.8 Å². The molecule has 0 bridgehead atoms. The lowest BCUT2D eigenvalue weighted by atomic mass is 10.1. The number of carbonyl (C=O) groups excluding carboxylic acids is 1. The van der Waals surface area contributed by atoms with Crippen molar-refractivity contribution in [3.63, 3.8) is 0 Å². The Bertz CT molecular complexity index is 1440. The molecule has 0 fully saturated rings. The van der Waals surface area contributed by atoms with Crippen LogP contribution in [0.3, 0.4) is 0 Å². The van der Waals surface area contributed by atoms with Crippen LogP contribution >= 0.6 is 0 Å². The van der Waals surface area contributed by atoms with Crippen molar-refractivity contribution in [2.45, 2.75) is 25.4 Å². The molecule has 0 saturated heterocycles. The first-order valence-electron chi connectivity index (χ1n) is 12.5. The predicted molar refractivity (Wildman–Crippen MR) is 152 cm³/mol. The molecule has 40 heavy (non-hydrogen) atoms. The first-order chi connectivity index (χ1) is 19.2. The van der Waals surface area contributed by atoms with Gasteiger partial charge in [0.05, 0.1) is 5.69 Å². The Kier molecular flexibility index (Phi) is 8.49. The highest BCUT2D eigenvalue weighted by molar-refractivity contribution is 5.99. The summed E-state index contributed by atoms with van der Waals surface area (Å²) in [5, 5.41) is 10.6. The normalized spacial score (nSPS) is 13.9. The number of anilines is 2. The van der Waals surface area contributed by atoms with Crippen LogP contribution in [-0.4, -0.2) is 54.4 Å². The number of carbonyl (C=O) groups is 1. The van der Waals surface area contributed by atoms with Gasteiger partial charge in [-0.05, 0) is 56.1 Å². The number of para-hydroxylation sites is 2. The Morgan fingerprint density at radius 3 is 2.58 bits per heavy atom. The number of hydrogen-bond acceptors (Lipinski definition) is 10. The van der Waals surface area contributed by atoms with E-state index < -0.39 is 6.10 Å². The van der Waals surface area contributed by atoms with Crippen molar-refractivity contribution in [3.05, 3.63) is 48.0 Å². The molecular formula is C26H32N10O4. The van der Waals surface area contributed by atoms with Gasteiger partial charge in [-0.1, -0.05) is 12.1 Å². The molecule has 0 saturated carbocycles. The third-order valence-electron chi connectivity index (χ3n) is 5.81. The fourth-order valence-corrected chi connectivity index (χ4v) is 3.88. The number of aliphatic imine (C=N–C) groups is 1. The zero-order valence-electron chi connectivity index (χ0n) is 22.2. The monoisotopic (exact) mass is 548 g/mol. The van der Waals surface area contributed by atoms with Gasteiger partial charge in [0.25, 0.3) is 11.8 Å². The second kappa shape index (κ2) is 12.2. The molecule has 2 aromatic carbocycles. The topological polar surface area (TPSA) is 226 Å². The SMILES string of the molecule is CN(C)c1ccc(C(=N)N)cc1Oc1nc(Oc2ccccc2N=C(N)N)nc2c1NC(=O)C(CCCCN)O2. The maximum Gasteiger partial charge on any atom is 0.328 e. The number of rotatable bonds is 11. The number of ether oxygens (including phenoxy) is 3. The molecule has 2 heterocycles. The number of aromatic nitrogens is 2. The molecule has 1 unspecified atom stereocenters. The van der Waals surface area contributed by atoms with Gasteiger partial charge in [0, 0.05) is 19.7 Å². The Hall–Kier alpha value is -5.11. The van der Waals surface area contributed by atoms with Crippen molar-refractivity contribution in [2.75, 3.05) is 30.9 Å². The van der Waals surface area contributed by atoms with Crippen molar-refractivity contribution >= 4 is 34.8 Å². The van der Waals surface area contributed by atoms with E-state index in [0.717, 1.165) is 6.42 Å². The molecule has 1 amide bonds. The number of amidine groups is 1. The molecule has 4 rings (SSSR count). The van der Waals surface area contributed by atoms with Gasteiger partial charge in [0.2, 0.25) is 5.88 Å². The largest absolute Gasteiger partial charge is 0.462 e. The van der Waals surface area contributed by atoms with Crippen LogP contribution in [-0.2, 0) is 4.79 Å². The first-order valence-corrected chi connectivity index (χ1v) is 12.5. The number of nitrogens with zero attached hydrogens (tertiary/aromatic N) is 4. The molecule has 10 N–H and O–H groups in total. The lowest BCUT2D eigenvalue weighted by molar-refractivity contribution is -0.124. The number of guanidine groups is 1. The van der Waals surface area contributed by atoms with Gasteiger partial charge < -0.3 is 47.4 Å². The number of benzene rings is 2. The quantitative estimate of drug-likeness (QED) is 0.115. The number of fused-ring (bicyclic) bond motifs is 1. The summed E-state index contributed by atoms with van der Waals surface area (Å²) in [6.07, 6.45) is 1.09. The van der Waals surface area contributed by atoms with Crippen molar-refractivity contribution in [1.29, 1.82) is 5.41 Å². The summed E-state index contributed by atoms with van der Waals surface area (Å²) < 4.78 is 18.2. The van der Waals surface area contributed by atoms with E-state index >= 15 is 0 Å². The highest BCUT2D eigenvalue weighted by atomic mass is 16.5. The predicted octanol–water partition coefficient (Wildman–Crippen LogP) is 2.14. The third kappa shape index (κ3) is 6.47. The van der Waals surface area contributed by atoms with Crippen molar-refractivity contribution in [3.8, 4) is 29.3 Å². The van der Waals surface area contributed by atoms with Crippen LogP contribution in [0.2, 0.25) is 0 Å². The Balaban J connectivity index is 1.79. The zero-order chi connectivity index (χ0) is 28.8. The van der Waals surface area contributed by atoms with E-state index in [9.17, 15) is 4.79 Å². The van der Waals surface area contributed by atoms with E-state index in [1.165, 1.54) is 0 Å². The van der Waals surface area contributed by atoms with Gasteiger partial charge in [-0.15, -0.1) is 0 Å². The molecule has 0 radical (unpaired) electrons. The summed E-state index contributed by atoms with van der Waals surface area (Å²) in [6.45, 7) is 0.506. The minimum Gasteiger partial charge on any atom is -0.462 e.